The average molecular weight is 219 g/mol. The average Bonchev–Trinajstić information content (AvgIpc) is 2.23. The van der Waals surface area contributed by atoms with Gasteiger partial charge in [-0.2, -0.15) is 0 Å². The van der Waals surface area contributed by atoms with Crippen LogP contribution in [0.15, 0.2) is 11.1 Å². The van der Waals surface area contributed by atoms with Crippen LogP contribution in [0, 0.1) is 5.92 Å². The fourth-order valence-electron chi connectivity index (χ4n) is 1.71. The maximum Gasteiger partial charge on any atom is 0.0668 e. The minimum absolute atomic E-state index is 0.311. The molecule has 0 aliphatic carbocycles. The van der Waals surface area contributed by atoms with Gasteiger partial charge < -0.3 is 5.11 Å². The molecule has 0 saturated carbocycles. The highest BCUT2D eigenvalue weighted by molar-refractivity contribution is 6.29. The zero-order valence-corrected chi connectivity index (χ0v) is 10.6. The minimum Gasteiger partial charge on any atom is -0.390 e. The quantitative estimate of drug-likeness (QED) is 0.712. The number of allylic oxidation sites excluding steroid dienone is 2. The minimum atomic E-state index is -0.509. The van der Waals surface area contributed by atoms with E-state index in [0.717, 1.165) is 30.7 Å². The molecule has 1 atom stereocenters. The van der Waals surface area contributed by atoms with Crippen molar-refractivity contribution in [2.75, 3.05) is 0 Å². The Bertz CT molecular complexity index is 183. The molecule has 0 aromatic rings. The van der Waals surface area contributed by atoms with E-state index < -0.39 is 5.60 Å². The Balaban J connectivity index is 4.12. The first-order chi connectivity index (χ1) is 6.50. The van der Waals surface area contributed by atoms with Gasteiger partial charge in [0.05, 0.1) is 5.60 Å². The summed E-state index contributed by atoms with van der Waals surface area (Å²) in [5, 5.41) is 11.1. The summed E-state index contributed by atoms with van der Waals surface area (Å²) in [7, 11) is 0. The summed E-state index contributed by atoms with van der Waals surface area (Å²) in [5.41, 5.74) is -0.509. The second-order valence-corrected chi connectivity index (χ2v) is 4.47. The van der Waals surface area contributed by atoms with E-state index in [2.05, 4.69) is 6.92 Å². The molecule has 0 aromatic carbocycles. The smallest absolute Gasteiger partial charge is 0.0668 e. The topological polar surface area (TPSA) is 20.2 Å². The van der Waals surface area contributed by atoms with Crippen molar-refractivity contribution in [2.45, 2.75) is 59.0 Å². The normalized spacial score (nSPS) is 15.7. The van der Waals surface area contributed by atoms with E-state index in [-0.39, 0.29) is 0 Å². The lowest BCUT2D eigenvalue weighted by molar-refractivity contribution is -0.0217. The Morgan fingerprint density at radius 1 is 1.43 bits per heavy atom. The van der Waals surface area contributed by atoms with Gasteiger partial charge in [-0.05, 0) is 38.5 Å². The molecular formula is C12H23ClO. The molecule has 0 fully saturated rings. The van der Waals surface area contributed by atoms with E-state index >= 15 is 0 Å². The van der Waals surface area contributed by atoms with Crippen LogP contribution in [0.2, 0.25) is 0 Å². The zero-order chi connectivity index (χ0) is 11.2. The van der Waals surface area contributed by atoms with Crippen LogP contribution in [0.3, 0.4) is 0 Å². The molecule has 0 rings (SSSR count). The van der Waals surface area contributed by atoms with Crippen molar-refractivity contribution in [3.63, 3.8) is 0 Å². The molecule has 0 saturated heterocycles. The first-order valence-corrected chi connectivity index (χ1v) is 5.91. The van der Waals surface area contributed by atoms with Crippen LogP contribution in [0.25, 0.3) is 0 Å². The van der Waals surface area contributed by atoms with Crippen molar-refractivity contribution >= 4 is 11.6 Å². The highest BCUT2D eigenvalue weighted by Gasteiger charge is 2.29. The van der Waals surface area contributed by atoms with Gasteiger partial charge in [0, 0.05) is 5.03 Å². The summed E-state index contributed by atoms with van der Waals surface area (Å²) in [6.07, 6.45) is 5.39. The molecular weight excluding hydrogens is 196 g/mol. The van der Waals surface area contributed by atoms with E-state index in [1.54, 1.807) is 0 Å². The molecule has 0 bridgehead atoms. The Morgan fingerprint density at radius 2 is 1.93 bits per heavy atom. The molecule has 1 unspecified atom stereocenters. The summed E-state index contributed by atoms with van der Waals surface area (Å²) >= 11 is 5.93. The Kier molecular flexibility index (Phi) is 6.46. The largest absolute Gasteiger partial charge is 0.390 e. The number of hydrogen-bond acceptors (Lipinski definition) is 1. The lowest BCUT2D eigenvalue weighted by atomic mass is 9.81. The number of rotatable bonds is 6. The summed E-state index contributed by atoms with van der Waals surface area (Å²) in [6.45, 7) is 8.13. The van der Waals surface area contributed by atoms with Gasteiger partial charge in [0.15, 0.2) is 0 Å². The van der Waals surface area contributed by atoms with Crippen LogP contribution in [0.1, 0.15) is 53.4 Å². The molecule has 0 aliphatic heterocycles. The third-order valence-corrected chi connectivity index (χ3v) is 3.68. The second-order valence-electron chi connectivity index (χ2n) is 3.99. The molecule has 14 heavy (non-hydrogen) atoms. The fourth-order valence-corrected chi connectivity index (χ4v) is 1.82. The van der Waals surface area contributed by atoms with Gasteiger partial charge in [0.2, 0.25) is 0 Å². The number of halogens is 1. The van der Waals surface area contributed by atoms with Crippen LogP contribution < -0.4 is 0 Å². The Hall–Kier alpha value is -0.0100. The fraction of sp³-hybridized carbons (Fsp3) is 0.833. The number of aliphatic hydroxyl groups is 1. The van der Waals surface area contributed by atoms with Gasteiger partial charge >= 0.3 is 0 Å². The molecule has 0 spiro atoms. The van der Waals surface area contributed by atoms with Crippen molar-refractivity contribution < 1.29 is 5.11 Å². The summed E-state index contributed by atoms with van der Waals surface area (Å²) in [5.74, 6) is 0.311. The van der Waals surface area contributed by atoms with Crippen LogP contribution in [-0.2, 0) is 0 Å². The third-order valence-electron chi connectivity index (χ3n) is 3.27. The molecule has 0 aromatic heterocycles. The third kappa shape index (κ3) is 4.02. The predicted octanol–water partition coefficient (Wildman–Crippen LogP) is 4.10. The van der Waals surface area contributed by atoms with Crippen molar-refractivity contribution in [1.29, 1.82) is 0 Å². The van der Waals surface area contributed by atoms with Crippen molar-refractivity contribution in [3.05, 3.63) is 11.1 Å². The summed E-state index contributed by atoms with van der Waals surface area (Å²) in [4.78, 5) is 0. The standard InChI is InChI=1S/C12H23ClO/c1-5-11(13)9-8-10(4)12(14,6-2)7-3/h5,10,14H,6-9H2,1-4H3/b11-5+. The van der Waals surface area contributed by atoms with Gasteiger partial charge in [-0.25, -0.2) is 0 Å². The van der Waals surface area contributed by atoms with Crippen molar-refractivity contribution in [3.8, 4) is 0 Å². The van der Waals surface area contributed by atoms with Crippen molar-refractivity contribution in [1.82, 2.24) is 0 Å². The highest BCUT2D eigenvalue weighted by atomic mass is 35.5. The first-order valence-electron chi connectivity index (χ1n) is 5.53. The summed E-state index contributed by atoms with van der Waals surface area (Å²) < 4.78 is 0. The van der Waals surface area contributed by atoms with Crippen LogP contribution >= 0.6 is 11.6 Å². The molecule has 0 aliphatic rings. The lowest BCUT2D eigenvalue weighted by Crippen LogP contribution is -2.34. The Labute approximate surface area is 93.2 Å². The van der Waals surface area contributed by atoms with Gasteiger partial charge in [0.25, 0.3) is 0 Å². The van der Waals surface area contributed by atoms with E-state index in [9.17, 15) is 5.11 Å². The molecule has 0 heterocycles. The molecule has 1 nitrogen and oxygen atoms in total. The maximum absolute atomic E-state index is 10.2. The number of hydrogen-bond donors (Lipinski definition) is 1. The van der Waals surface area contributed by atoms with Gasteiger partial charge in [-0.1, -0.05) is 38.4 Å². The molecule has 2 heteroatoms. The van der Waals surface area contributed by atoms with E-state index in [4.69, 9.17) is 11.6 Å². The summed E-state index contributed by atoms with van der Waals surface area (Å²) in [6, 6.07) is 0. The predicted molar refractivity (Wildman–Crippen MR) is 63.5 cm³/mol. The molecule has 0 radical (unpaired) electrons. The van der Waals surface area contributed by atoms with Crippen molar-refractivity contribution in [2.24, 2.45) is 5.92 Å². The lowest BCUT2D eigenvalue weighted by Gasteiger charge is -2.32. The molecule has 1 N–H and O–H groups in total. The highest BCUT2D eigenvalue weighted by Crippen LogP contribution is 2.29. The van der Waals surface area contributed by atoms with Gasteiger partial charge in [-0.15, -0.1) is 0 Å². The zero-order valence-electron chi connectivity index (χ0n) is 9.81. The second kappa shape index (κ2) is 6.47. The molecule has 0 amide bonds. The van der Waals surface area contributed by atoms with Gasteiger partial charge in [-0.3, -0.25) is 0 Å². The van der Waals surface area contributed by atoms with Crippen LogP contribution in [-0.4, -0.2) is 10.7 Å². The molecule has 84 valence electrons. The van der Waals surface area contributed by atoms with E-state index in [0.29, 0.717) is 5.92 Å². The Morgan fingerprint density at radius 3 is 2.29 bits per heavy atom. The first kappa shape index (κ1) is 14.0. The maximum atomic E-state index is 10.2. The van der Waals surface area contributed by atoms with Crippen LogP contribution in [0.4, 0.5) is 0 Å². The van der Waals surface area contributed by atoms with Crippen LogP contribution in [0.5, 0.6) is 0 Å². The van der Waals surface area contributed by atoms with Gasteiger partial charge in [0.1, 0.15) is 0 Å². The van der Waals surface area contributed by atoms with E-state index in [1.807, 2.05) is 26.8 Å². The SMILES string of the molecule is C/C=C(/Cl)CCC(C)C(O)(CC)CC. The monoisotopic (exact) mass is 218 g/mol. The van der Waals surface area contributed by atoms with E-state index in [1.165, 1.54) is 0 Å².